The summed E-state index contributed by atoms with van der Waals surface area (Å²) >= 11 is 0. The third-order valence-electron chi connectivity index (χ3n) is 4.50. The maximum absolute atomic E-state index is 12.7. The SMILES string of the molecule is CC(C)[C@@H](NC(=O)c1ccc(NC(N)=O)cc1)c1ccc(C(C)(C)C)cc1. The van der Waals surface area contributed by atoms with E-state index in [1.807, 2.05) is 0 Å². The number of nitrogens with two attached hydrogens (primary N) is 1. The molecule has 4 N–H and O–H groups in total. The Bertz CT molecular complexity index is 788. The minimum Gasteiger partial charge on any atom is -0.351 e. The number of benzene rings is 2. The van der Waals surface area contributed by atoms with Gasteiger partial charge in [0.25, 0.3) is 5.91 Å². The molecule has 0 radical (unpaired) electrons. The van der Waals surface area contributed by atoms with Crippen molar-refractivity contribution in [1.82, 2.24) is 5.32 Å². The summed E-state index contributed by atoms with van der Waals surface area (Å²) in [5, 5.41) is 5.60. The van der Waals surface area contributed by atoms with Crippen LogP contribution in [0.25, 0.3) is 0 Å². The number of amides is 3. The fraction of sp³-hybridized carbons (Fsp3) is 0.364. The molecule has 144 valence electrons. The maximum atomic E-state index is 12.7. The molecule has 3 amide bonds. The molecule has 27 heavy (non-hydrogen) atoms. The van der Waals surface area contributed by atoms with Crippen molar-refractivity contribution in [3.63, 3.8) is 0 Å². The molecule has 0 aliphatic carbocycles. The highest BCUT2D eigenvalue weighted by atomic mass is 16.2. The van der Waals surface area contributed by atoms with Crippen LogP contribution in [0.2, 0.25) is 0 Å². The lowest BCUT2D eigenvalue weighted by molar-refractivity contribution is 0.0925. The molecule has 5 heteroatoms. The average molecular weight is 367 g/mol. The van der Waals surface area contributed by atoms with Crippen molar-refractivity contribution in [3.8, 4) is 0 Å². The van der Waals surface area contributed by atoms with Crippen molar-refractivity contribution in [2.45, 2.75) is 46.1 Å². The molecule has 2 aromatic rings. The zero-order valence-corrected chi connectivity index (χ0v) is 16.7. The number of hydrogen-bond donors (Lipinski definition) is 3. The first-order valence-electron chi connectivity index (χ1n) is 9.16. The van der Waals surface area contributed by atoms with Crippen molar-refractivity contribution < 1.29 is 9.59 Å². The Balaban J connectivity index is 2.15. The highest BCUT2D eigenvalue weighted by Gasteiger charge is 2.20. The molecule has 2 aromatic carbocycles. The number of hydrogen-bond acceptors (Lipinski definition) is 2. The summed E-state index contributed by atoms with van der Waals surface area (Å²) in [6, 6.07) is 14.4. The van der Waals surface area contributed by atoms with Gasteiger partial charge in [-0.05, 0) is 46.7 Å². The first kappa shape index (κ1) is 20.5. The standard InChI is InChI=1S/C22H29N3O2/c1-14(2)19(15-6-10-17(11-7-15)22(3,4)5)25-20(26)16-8-12-18(13-9-16)24-21(23)27/h6-14,19H,1-5H3,(H,25,26)(H3,23,24,27)/t19-/m1/s1. The second kappa shape index (κ2) is 8.25. The quantitative estimate of drug-likeness (QED) is 0.721. The normalized spacial score (nSPS) is 12.5. The van der Waals surface area contributed by atoms with E-state index in [0.717, 1.165) is 5.56 Å². The van der Waals surface area contributed by atoms with Gasteiger partial charge in [0.2, 0.25) is 0 Å². The molecular formula is C22H29N3O2. The fourth-order valence-electron chi connectivity index (χ4n) is 2.90. The summed E-state index contributed by atoms with van der Waals surface area (Å²) < 4.78 is 0. The highest BCUT2D eigenvalue weighted by Crippen LogP contribution is 2.27. The predicted octanol–water partition coefficient (Wildman–Crippen LogP) is 4.60. The van der Waals surface area contributed by atoms with Gasteiger partial charge in [-0.3, -0.25) is 4.79 Å². The van der Waals surface area contributed by atoms with Gasteiger partial charge in [0.15, 0.2) is 0 Å². The van der Waals surface area contributed by atoms with E-state index in [9.17, 15) is 9.59 Å². The minimum absolute atomic E-state index is 0.0880. The molecule has 1 atom stereocenters. The first-order valence-corrected chi connectivity index (χ1v) is 9.16. The molecule has 5 nitrogen and oxygen atoms in total. The summed E-state index contributed by atoms with van der Waals surface area (Å²) in [4.78, 5) is 23.6. The van der Waals surface area contributed by atoms with Gasteiger partial charge < -0.3 is 16.4 Å². The zero-order valence-electron chi connectivity index (χ0n) is 16.7. The van der Waals surface area contributed by atoms with Crippen molar-refractivity contribution >= 4 is 17.6 Å². The van der Waals surface area contributed by atoms with Crippen LogP contribution < -0.4 is 16.4 Å². The monoisotopic (exact) mass is 367 g/mol. The van der Waals surface area contributed by atoms with E-state index >= 15 is 0 Å². The van der Waals surface area contributed by atoms with Crippen LogP contribution in [0.3, 0.4) is 0 Å². The summed E-state index contributed by atoms with van der Waals surface area (Å²) in [5.74, 6) is 0.0875. The molecule has 0 saturated carbocycles. The van der Waals surface area contributed by atoms with Crippen LogP contribution in [-0.4, -0.2) is 11.9 Å². The minimum atomic E-state index is -0.634. The van der Waals surface area contributed by atoms with Crippen LogP contribution in [0, 0.1) is 5.92 Å². The van der Waals surface area contributed by atoms with Crippen molar-refractivity contribution in [2.24, 2.45) is 11.7 Å². The average Bonchev–Trinajstić information content (AvgIpc) is 2.58. The van der Waals surface area contributed by atoms with Gasteiger partial charge in [0.05, 0.1) is 6.04 Å². The molecule has 0 aliphatic heterocycles. The maximum Gasteiger partial charge on any atom is 0.316 e. The topological polar surface area (TPSA) is 84.2 Å². The van der Waals surface area contributed by atoms with Crippen molar-refractivity contribution in [1.29, 1.82) is 0 Å². The molecule has 2 rings (SSSR count). The lowest BCUT2D eigenvalue weighted by Crippen LogP contribution is -2.31. The summed E-state index contributed by atoms with van der Waals surface area (Å²) in [5.41, 5.74) is 8.61. The van der Waals surface area contributed by atoms with E-state index in [0.29, 0.717) is 11.3 Å². The van der Waals surface area contributed by atoms with Crippen LogP contribution in [-0.2, 0) is 5.41 Å². The third-order valence-corrected chi connectivity index (χ3v) is 4.50. The smallest absolute Gasteiger partial charge is 0.316 e. The van der Waals surface area contributed by atoms with E-state index in [1.165, 1.54) is 5.56 Å². The zero-order chi connectivity index (χ0) is 20.2. The Morgan fingerprint density at radius 2 is 1.48 bits per heavy atom. The van der Waals surface area contributed by atoms with Crippen LogP contribution in [0.15, 0.2) is 48.5 Å². The Kier molecular flexibility index (Phi) is 6.26. The number of primary amides is 1. The Hall–Kier alpha value is -2.82. The Morgan fingerprint density at radius 3 is 1.93 bits per heavy atom. The number of carbonyl (C=O) groups excluding carboxylic acids is 2. The van der Waals surface area contributed by atoms with Crippen LogP contribution >= 0.6 is 0 Å². The lowest BCUT2D eigenvalue weighted by atomic mass is 9.85. The molecule has 0 heterocycles. The van der Waals surface area contributed by atoms with Crippen LogP contribution in [0.4, 0.5) is 10.5 Å². The van der Waals surface area contributed by atoms with E-state index < -0.39 is 6.03 Å². The lowest BCUT2D eigenvalue weighted by Gasteiger charge is -2.25. The molecular weight excluding hydrogens is 338 g/mol. The number of carbonyl (C=O) groups is 2. The molecule has 0 unspecified atom stereocenters. The molecule has 0 aliphatic rings. The predicted molar refractivity (Wildman–Crippen MR) is 110 cm³/mol. The molecule has 0 fully saturated rings. The first-order chi connectivity index (χ1) is 12.6. The van der Waals surface area contributed by atoms with Gasteiger partial charge in [-0.2, -0.15) is 0 Å². The third kappa shape index (κ3) is 5.58. The number of rotatable bonds is 5. The second-order valence-electron chi connectivity index (χ2n) is 8.13. The van der Waals surface area contributed by atoms with E-state index in [2.05, 4.69) is 69.5 Å². The Morgan fingerprint density at radius 1 is 0.926 bits per heavy atom. The fourth-order valence-corrected chi connectivity index (χ4v) is 2.90. The molecule has 0 bridgehead atoms. The molecule has 0 spiro atoms. The van der Waals surface area contributed by atoms with E-state index in [-0.39, 0.29) is 23.3 Å². The highest BCUT2D eigenvalue weighted by molar-refractivity contribution is 5.95. The largest absolute Gasteiger partial charge is 0.351 e. The number of nitrogens with one attached hydrogen (secondary N) is 2. The molecule has 0 saturated heterocycles. The van der Waals surface area contributed by atoms with Crippen molar-refractivity contribution in [3.05, 3.63) is 65.2 Å². The van der Waals surface area contributed by atoms with Gasteiger partial charge in [-0.1, -0.05) is 58.9 Å². The van der Waals surface area contributed by atoms with Crippen molar-refractivity contribution in [2.75, 3.05) is 5.32 Å². The van der Waals surface area contributed by atoms with Gasteiger partial charge in [-0.15, -0.1) is 0 Å². The summed E-state index contributed by atoms with van der Waals surface area (Å²) in [6.07, 6.45) is 0. The second-order valence-corrected chi connectivity index (χ2v) is 8.13. The molecule has 0 aromatic heterocycles. The Labute approximate surface area is 161 Å². The van der Waals surface area contributed by atoms with E-state index in [1.54, 1.807) is 24.3 Å². The van der Waals surface area contributed by atoms with Gasteiger partial charge >= 0.3 is 6.03 Å². The number of urea groups is 1. The van der Waals surface area contributed by atoms with Gasteiger partial charge in [0, 0.05) is 11.3 Å². The summed E-state index contributed by atoms with van der Waals surface area (Å²) in [6.45, 7) is 10.7. The summed E-state index contributed by atoms with van der Waals surface area (Å²) in [7, 11) is 0. The van der Waals surface area contributed by atoms with E-state index in [4.69, 9.17) is 5.73 Å². The van der Waals surface area contributed by atoms with Crippen LogP contribution in [0.5, 0.6) is 0 Å². The van der Waals surface area contributed by atoms with Crippen LogP contribution in [0.1, 0.15) is 62.1 Å². The van der Waals surface area contributed by atoms with Gasteiger partial charge in [-0.25, -0.2) is 4.79 Å². The van der Waals surface area contributed by atoms with Gasteiger partial charge in [0.1, 0.15) is 0 Å². The number of anilines is 1.